The van der Waals surface area contributed by atoms with Gasteiger partial charge in [0.1, 0.15) is 24.7 Å². The lowest BCUT2D eigenvalue weighted by molar-refractivity contribution is -0.122. The highest BCUT2D eigenvalue weighted by molar-refractivity contribution is 5.95. The second kappa shape index (κ2) is 8.97. The molecular weight excluding hydrogens is 422 g/mol. The average Bonchev–Trinajstić information content (AvgIpc) is 3.17. The number of nitrogens with one attached hydrogen (secondary N) is 2. The second-order valence-electron chi connectivity index (χ2n) is 8.26. The zero-order valence-corrected chi connectivity index (χ0v) is 18.3. The Hall–Kier alpha value is -3.81. The van der Waals surface area contributed by atoms with Crippen molar-refractivity contribution in [1.82, 2.24) is 10.3 Å². The molecule has 2 aromatic carbocycles. The van der Waals surface area contributed by atoms with Gasteiger partial charge < -0.3 is 24.5 Å². The summed E-state index contributed by atoms with van der Waals surface area (Å²) in [6, 6.07) is 12.5. The van der Waals surface area contributed by atoms with Crippen LogP contribution in [-0.2, 0) is 11.3 Å². The van der Waals surface area contributed by atoms with Gasteiger partial charge >= 0.3 is 0 Å². The number of hydrogen-bond donors (Lipinski definition) is 2. The quantitative estimate of drug-likeness (QED) is 0.590. The van der Waals surface area contributed by atoms with Crippen molar-refractivity contribution in [3.05, 3.63) is 59.5 Å². The largest absolute Gasteiger partial charge is 0.486 e. The zero-order chi connectivity index (χ0) is 22.8. The van der Waals surface area contributed by atoms with Crippen LogP contribution in [0.1, 0.15) is 41.1 Å². The normalized spacial score (nSPS) is 14.9. The van der Waals surface area contributed by atoms with Gasteiger partial charge in [0.05, 0.1) is 6.54 Å². The van der Waals surface area contributed by atoms with Crippen molar-refractivity contribution in [3.8, 4) is 23.0 Å². The van der Waals surface area contributed by atoms with Crippen molar-refractivity contribution in [2.45, 2.75) is 32.7 Å². The van der Waals surface area contributed by atoms with E-state index in [1.165, 1.54) is 0 Å². The van der Waals surface area contributed by atoms with Gasteiger partial charge in [-0.2, -0.15) is 0 Å². The summed E-state index contributed by atoms with van der Waals surface area (Å²) < 4.78 is 16.8. The van der Waals surface area contributed by atoms with E-state index in [1.807, 2.05) is 31.2 Å². The molecule has 1 fully saturated rings. The van der Waals surface area contributed by atoms with Crippen LogP contribution in [0.2, 0.25) is 0 Å². The summed E-state index contributed by atoms with van der Waals surface area (Å²) in [5.74, 6) is 2.30. The first-order valence-corrected chi connectivity index (χ1v) is 11.1. The molecule has 5 rings (SSSR count). The average molecular weight is 447 g/mol. The van der Waals surface area contributed by atoms with Crippen molar-refractivity contribution in [3.63, 3.8) is 0 Å². The van der Waals surface area contributed by atoms with E-state index < -0.39 is 0 Å². The molecule has 0 atom stereocenters. The molecule has 1 aliphatic carbocycles. The Morgan fingerprint density at radius 1 is 1.03 bits per heavy atom. The molecule has 1 aliphatic heterocycles. The lowest BCUT2D eigenvalue weighted by atomic mass is 9.85. The number of aryl methyl sites for hydroxylation is 1. The number of rotatable bonds is 6. The van der Waals surface area contributed by atoms with Gasteiger partial charge in [-0.25, -0.2) is 4.98 Å². The van der Waals surface area contributed by atoms with Crippen LogP contribution >= 0.6 is 0 Å². The molecule has 1 aromatic heterocycles. The van der Waals surface area contributed by atoms with Crippen molar-refractivity contribution in [2.75, 3.05) is 18.5 Å². The first kappa shape index (κ1) is 21.1. The minimum atomic E-state index is -0.234. The monoisotopic (exact) mass is 447 g/mol. The summed E-state index contributed by atoms with van der Waals surface area (Å²) in [5, 5.41) is 5.83. The van der Waals surface area contributed by atoms with Crippen LogP contribution in [0.25, 0.3) is 11.5 Å². The number of hydrogen-bond acceptors (Lipinski definition) is 6. The van der Waals surface area contributed by atoms with Gasteiger partial charge in [0.2, 0.25) is 11.8 Å². The number of aromatic nitrogens is 1. The number of oxazole rings is 1. The summed E-state index contributed by atoms with van der Waals surface area (Å²) in [6.45, 7) is 3.02. The molecule has 0 unspecified atom stereocenters. The van der Waals surface area contributed by atoms with E-state index in [0.717, 1.165) is 30.5 Å². The smallest absolute Gasteiger partial charge is 0.251 e. The maximum absolute atomic E-state index is 12.6. The Bertz CT molecular complexity index is 1180. The van der Waals surface area contributed by atoms with E-state index >= 15 is 0 Å². The fourth-order valence-electron chi connectivity index (χ4n) is 3.78. The molecule has 8 heteroatoms. The Kier molecular flexibility index (Phi) is 5.73. The lowest BCUT2D eigenvalue weighted by Crippen LogP contribution is -2.27. The topological polar surface area (TPSA) is 103 Å². The Morgan fingerprint density at radius 2 is 1.79 bits per heavy atom. The van der Waals surface area contributed by atoms with Crippen molar-refractivity contribution in [1.29, 1.82) is 0 Å². The number of anilines is 1. The van der Waals surface area contributed by atoms with Gasteiger partial charge in [-0.3, -0.25) is 9.59 Å². The molecule has 0 saturated heterocycles. The van der Waals surface area contributed by atoms with E-state index in [9.17, 15) is 9.59 Å². The summed E-state index contributed by atoms with van der Waals surface area (Å²) in [4.78, 5) is 29.2. The molecule has 33 heavy (non-hydrogen) atoms. The fourth-order valence-corrected chi connectivity index (χ4v) is 3.78. The molecule has 2 N–H and O–H groups in total. The van der Waals surface area contributed by atoms with Gasteiger partial charge in [0, 0.05) is 22.7 Å². The number of carbonyl (C=O) groups is 2. The maximum atomic E-state index is 12.6. The molecule has 0 bridgehead atoms. The molecule has 2 amide bonds. The van der Waals surface area contributed by atoms with Crippen molar-refractivity contribution in [2.24, 2.45) is 5.92 Å². The molecule has 170 valence electrons. The fraction of sp³-hybridized carbons (Fsp3) is 0.320. The molecule has 1 saturated carbocycles. The number of ether oxygens (including phenoxy) is 2. The number of benzene rings is 2. The van der Waals surface area contributed by atoms with Crippen LogP contribution in [-0.4, -0.2) is 30.0 Å². The Labute approximate surface area is 191 Å². The van der Waals surface area contributed by atoms with Gasteiger partial charge in [0.15, 0.2) is 11.5 Å². The highest BCUT2D eigenvalue weighted by Gasteiger charge is 2.25. The molecule has 0 radical (unpaired) electrons. The summed E-state index contributed by atoms with van der Waals surface area (Å²) in [6.07, 6.45) is 3.06. The van der Waals surface area contributed by atoms with Crippen molar-refractivity contribution < 1.29 is 23.5 Å². The minimum absolute atomic E-state index is 0.0806. The van der Waals surface area contributed by atoms with Crippen LogP contribution in [0.5, 0.6) is 11.5 Å². The maximum Gasteiger partial charge on any atom is 0.251 e. The molecule has 3 aromatic rings. The molecule has 0 spiro atoms. The van der Waals surface area contributed by atoms with Crippen molar-refractivity contribution >= 4 is 17.5 Å². The highest BCUT2D eigenvalue weighted by Crippen LogP contribution is 2.31. The first-order valence-electron chi connectivity index (χ1n) is 11.1. The standard InChI is InChI=1S/C25H25N3O5/c1-15-20(14-26-23(29)18-7-10-21-22(13-18)32-12-11-31-21)28-25(33-15)17-5-8-19(9-6-17)27-24(30)16-3-2-4-16/h5-10,13,16H,2-4,11-12,14H2,1H3,(H,26,29)(H,27,30). The Balaban J connectivity index is 1.21. The van der Waals surface area contributed by atoms with Crippen LogP contribution < -0.4 is 20.1 Å². The van der Waals surface area contributed by atoms with Gasteiger partial charge in [0.25, 0.3) is 5.91 Å². The van der Waals surface area contributed by atoms with E-state index in [2.05, 4.69) is 15.6 Å². The van der Waals surface area contributed by atoms with E-state index in [4.69, 9.17) is 13.9 Å². The lowest BCUT2D eigenvalue weighted by Gasteiger charge is -2.24. The third kappa shape index (κ3) is 4.55. The third-order valence-electron chi connectivity index (χ3n) is 5.99. The third-order valence-corrected chi connectivity index (χ3v) is 5.99. The summed E-state index contributed by atoms with van der Waals surface area (Å²) in [7, 11) is 0. The molecule has 2 aliphatic rings. The van der Waals surface area contributed by atoms with Crippen LogP contribution in [0.3, 0.4) is 0 Å². The molecule has 8 nitrogen and oxygen atoms in total. The minimum Gasteiger partial charge on any atom is -0.486 e. The van der Waals surface area contributed by atoms with Gasteiger partial charge in [-0.05, 0) is 62.2 Å². The predicted octanol–water partition coefficient (Wildman–Crippen LogP) is 4.09. The number of nitrogens with zero attached hydrogens (tertiary/aromatic N) is 1. The van der Waals surface area contributed by atoms with Crippen LogP contribution in [0.15, 0.2) is 46.9 Å². The number of carbonyl (C=O) groups excluding carboxylic acids is 2. The number of fused-ring (bicyclic) bond motifs is 1. The second-order valence-corrected chi connectivity index (χ2v) is 8.26. The SMILES string of the molecule is Cc1oc(-c2ccc(NC(=O)C3CCC3)cc2)nc1CNC(=O)c1ccc2c(c1)OCCO2. The zero-order valence-electron chi connectivity index (χ0n) is 18.3. The molecular formula is C25H25N3O5. The number of amides is 2. The Morgan fingerprint density at radius 3 is 2.52 bits per heavy atom. The predicted molar refractivity (Wildman–Crippen MR) is 121 cm³/mol. The van der Waals surface area contributed by atoms with Gasteiger partial charge in [-0.15, -0.1) is 0 Å². The summed E-state index contributed by atoms with van der Waals surface area (Å²) in [5.41, 5.74) is 2.69. The summed E-state index contributed by atoms with van der Waals surface area (Å²) >= 11 is 0. The van der Waals surface area contributed by atoms with E-state index in [1.54, 1.807) is 18.2 Å². The first-order chi connectivity index (χ1) is 16.1. The molecule has 2 heterocycles. The highest BCUT2D eigenvalue weighted by atomic mass is 16.6. The van der Waals surface area contributed by atoms with Crippen LogP contribution in [0, 0.1) is 12.8 Å². The van der Waals surface area contributed by atoms with E-state index in [0.29, 0.717) is 47.6 Å². The van der Waals surface area contributed by atoms with Crippen LogP contribution in [0.4, 0.5) is 5.69 Å². The van der Waals surface area contributed by atoms with E-state index in [-0.39, 0.29) is 24.3 Å². The van der Waals surface area contributed by atoms with Gasteiger partial charge in [-0.1, -0.05) is 6.42 Å².